The maximum Gasteiger partial charge on any atom is 0.0802 e. The second-order valence-electron chi connectivity index (χ2n) is 5.17. The van der Waals surface area contributed by atoms with E-state index in [1.54, 1.807) is 0 Å². The van der Waals surface area contributed by atoms with Crippen molar-refractivity contribution in [2.75, 3.05) is 6.61 Å². The average Bonchev–Trinajstić information content (AvgIpc) is 2.33. The Morgan fingerprint density at radius 3 is 2.44 bits per heavy atom. The lowest BCUT2D eigenvalue weighted by Crippen LogP contribution is -2.20. The Morgan fingerprint density at radius 1 is 1.00 bits per heavy atom. The van der Waals surface area contributed by atoms with Crippen LogP contribution in [0.3, 0.4) is 0 Å². The first kappa shape index (κ1) is 17.4. The van der Waals surface area contributed by atoms with Gasteiger partial charge in [-0.3, -0.25) is 0 Å². The number of rotatable bonds is 11. The molecule has 1 atom stereocenters. The second-order valence-corrected chi connectivity index (χ2v) is 5.17. The summed E-state index contributed by atoms with van der Waals surface area (Å²) in [6, 6.07) is 0. The van der Waals surface area contributed by atoms with Gasteiger partial charge in [0, 0.05) is 6.61 Å². The molecule has 2 heteroatoms. The number of hydrogen-bond donors (Lipinski definition) is 2. The van der Waals surface area contributed by atoms with E-state index in [0.717, 1.165) is 38.5 Å². The van der Waals surface area contributed by atoms with Crippen LogP contribution in [-0.4, -0.2) is 22.4 Å². The fourth-order valence-corrected chi connectivity index (χ4v) is 1.80. The molecule has 0 unspecified atom stereocenters. The van der Waals surface area contributed by atoms with Crippen LogP contribution in [0.2, 0.25) is 0 Å². The number of hydrogen-bond acceptors (Lipinski definition) is 2. The fourth-order valence-electron chi connectivity index (χ4n) is 1.80. The predicted octanol–water partition coefficient (Wildman–Crippen LogP) is 3.98. The molecule has 0 saturated carbocycles. The first-order valence-electron chi connectivity index (χ1n) is 7.30. The largest absolute Gasteiger partial charge is 0.396 e. The van der Waals surface area contributed by atoms with Gasteiger partial charge in [0.05, 0.1) is 5.60 Å². The molecule has 0 spiro atoms. The van der Waals surface area contributed by atoms with Gasteiger partial charge in [-0.15, -0.1) is 0 Å². The van der Waals surface area contributed by atoms with Gasteiger partial charge in [0.15, 0.2) is 0 Å². The van der Waals surface area contributed by atoms with Crippen LogP contribution in [0.25, 0.3) is 0 Å². The van der Waals surface area contributed by atoms with Crippen molar-refractivity contribution in [3.8, 4) is 0 Å². The van der Waals surface area contributed by atoms with Gasteiger partial charge >= 0.3 is 0 Å². The molecule has 0 aliphatic rings. The average molecular weight is 254 g/mol. The lowest BCUT2D eigenvalue weighted by molar-refractivity contribution is 0.0986. The standard InChI is InChI=1S/C16H30O2/c1-3-4-10-13-16(2,18)14-11-8-6-5-7-9-12-15-17/h6,8,11,14,17-18H,3-5,7,9-10,12-13,15H2,1-2H3/b8-6-,14-11+/t16-/m1/s1. The van der Waals surface area contributed by atoms with Gasteiger partial charge < -0.3 is 10.2 Å². The highest BCUT2D eigenvalue weighted by atomic mass is 16.3. The van der Waals surface area contributed by atoms with Gasteiger partial charge in [0.25, 0.3) is 0 Å². The highest BCUT2D eigenvalue weighted by Crippen LogP contribution is 2.16. The molecule has 2 nitrogen and oxygen atoms in total. The van der Waals surface area contributed by atoms with Crippen molar-refractivity contribution >= 4 is 0 Å². The minimum absolute atomic E-state index is 0.296. The molecular weight excluding hydrogens is 224 g/mol. The quantitative estimate of drug-likeness (QED) is 0.432. The summed E-state index contributed by atoms with van der Waals surface area (Å²) in [5.74, 6) is 0. The van der Waals surface area contributed by atoms with Crippen LogP contribution >= 0.6 is 0 Å². The molecule has 0 rings (SSSR count). The Kier molecular flexibility index (Phi) is 11.1. The summed E-state index contributed by atoms with van der Waals surface area (Å²) in [7, 11) is 0. The molecule has 18 heavy (non-hydrogen) atoms. The van der Waals surface area contributed by atoms with Crippen molar-refractivity contribution in [3.63, 3.8) is 0 Å². The van der Waals surface area contributed by atoms with E-state index in [2.05, 4.69) is 13.0 Å². The van der Waals surface area contributed by atoms with E-state index in [0.29, 0.717) is 6.61 Å². The van der Waals surface area contributed by atoms with Gasteiger partial charge in [-0.05, 0) is 32.6 Å². The van der Waals surface area contributed by atoms with Gasteiger partial charge in [-0.1, -0.05) is 56.9 Å². The van der Waals surface area contributed by atoms with Crippen LogP contribution in [0, 0.1) is 0 Å². The molecule has 0 aliphatic heterocycles. The molecule has 0 saturated heterocycles. The lowest BCUT2D eigenvalue weighted by Gasteiger charge is -2.18. The van der Waals surface area contributed by atoms with Gasteiger partial charge in [-0.2, -0.15) is 0 Å². The fraction of sp³-hybridized carbons (Fsp3) is 0.750. The number of unbranched alkanes of at least 4 members (excludes halogenated alkanes) is 5. The Labute approximate surface area is 112 Å². The van der Waals surface area contributed by atoms with Gasteiger partial charge in [-0.25, -0.2) is 0 Å². The van der Waals surface area contributed by atoms with Crippen molar-refractivity contribution in [2.45, 2.75) is 70.8 Å². The Morgan fingerprint density at radius 2 is 1.78 bits per heavy atom. The summed E-state index contributed by atoms with van der Waals surface area (Å²) in [5, 5.41) is 18.7. The highest BCUT2D eigenvalue weighted by molar-refractivity contribution is 5.08. The molecule has 0 radical (unpaired) electrons. The third kappa shape index (κ3) is 11.9. The highest BCUT2D eigenvalue weighted by Gasteiger charge is 2.14. The van der Waals surface area contributed by atoms with Crippen molar-refractivity contribution in [2.24, 2.45) is 0 Å². The summed E-state index contributed by atoms with van der Waals surface area (Å²) in [4.78, 5) is 0. The summed E-state index contributed by atoms with van der Waals surface area (Å²) in [6.45, 7) is 4.34. The van der Waals surface area contributed by atoms with Crippen LogP contribution in [0.15, 0.2) is 24.3 Å². The van der Waals surface area contributed by atoms with Gasteiger partial charge in [0.2, 0.25) is 0 Å². The zero-order chi connectivity index (χ0) is 13.7. The Hall–Kier alpha value is -0.600. The Balaban J connectivity index is 3.67. The molecule has 2 N–H and O–H groups in total. The third-order valence-electron chi connectivity index (χ3n) is 3.02. The van der Waals surface area contributed by atoms with Crippen molar-refractivity contribution in [1.29, 1.82) is 0 Å². The summed E-state index contributed by atoms with van der Waals surface area (Å²) >= 11 is 0. The van der Waals surface area contributed by atoms with E-state index in [1.165, 1.54) is 12.8 Å². The predicted molar refractivity (Wildman–Crippen MR) is 78.6 cm³/mol. The first-order chi connectivity index (χ1) is 8.62. The van der Waals surface area contributed by atoms with Crippen LogP contribution in [0.1, 0.15) is 65.2 Å². The van der Waals surface area contributed by atoms with Crippen LogP contribution in [0.5, 0.6) is 0 Å². The van der Waals surface area contributed by atoms with Crippen LogP contribution < -0.4 is 0 Å². The SMILES string of the molecule is CCCCC[C@@](C)(O)/C=C/C=C\CCCCCO. The lowest BCUT2D eigenvalue weighted by atomic mass is 9.98. The molecule has 0 aromatic rings. The van der Waals surface area contributed by atoms with E-state index >= 15 is 0 Å². The molecule has 0 fully saturated rings. The Bertz CT molecular complexity index is 229. The zero-order valence-electron chi connectivity index (χ0n) is 12.1. The van der Waals surface area contributed by atoms with E-state index in [1.807, 2.05) is 25.2 Å². The maximum absolute atomic E-state index is 10.1. The summed E-state index contributed by atoms with van der Waals surface area (Å²) in [6.07, 6.45) is 16.4. The van der Waals surface area contributed by atoms with E-state index in [-0.39, 0.29) is 0 Å². The summed E-state index contributed by atoms with van der Waals surface area (Å²) in [5.41, 5.74) is -0.670. The van der Waals surface area contributed by atoms with Crippen LogP contribution in [0.4, 0.5) is 0 Å². The van der Waals surface area contributed by atoms with Crippen molar-refractivity contribution in [1.82, 2.24) is 0 Å². The molecule has 0 amide bonds. The monoisotopic (exact) mass is 254 g/mol. The molecule has 0 bridgehead atoms. The number of aliphatic hydroxyl groups is 2. The van der Waals surface area contributed by atoms with Crippen molar-refractivity contribution < 1.29 is 10.2 Å². The first-order valence-corrected chi connectivity index (χ1v) is 7.30. The number of aliphatic hydroxyl groups excluding tert-OH is 1. The summed E-state index contributed by atoms with van der Waals surface area (Å²) < 4.78 is 0. The van der Waals surface area contributed by atoms with Crippen molar-refractivity contribution in [3.05, 3.63) is 24.3 Å². The topological polar surface area (TPSA) is 40.5 Å². The van der Waals surface area contributed by atoms with E-state index in [9.17, 15) is 5.11 Å². The molecule has 0 heterocycles. The maximum atomic E-state index is 10.1. The zero-order valence-corrected chi connectivity index (χ0v) is 12.1. The molecular formula is C16H30O2. The molecule has 0 aromatic carbocycles. The van der Waals surface area contributed by atoms with E-state index < -0.39 is 5.60 Å². The second kappa shape index (κ2) is 11.5. The number of allylic oxidation sites excluding steroid dienone is 3. The van der Waals surface area contributed by atoms with E-state index in [4.69, 9.17) is 5.11 Å². The molecule has 0 aromatic heterocycles. The smallest absolute Gasteiger partial charge is 0.0802 e. The van der Waals surface area contributed by atoms with Gasteiger partial charge in [0.1, 0.15) is 0 Å². The molecule has 106 valence electrons. The normalized spacial score (nSPS) is 15.6. The van der Waals surface area contributed by atoms with Crippen LogP contribution in [-0.2, 0) is 0 Å². The third-order valence-corrected chi connectivity index (χ3v) is 3.02. The molecule has 0 aliphatic carbocycles. The minimum Gasteiger partial charge on any atom is -0.396 e. The minimum atomic E-state index is -0.670.